The summed E-state index contributed by atoms with van der Waals surface area (Å²) in [6, 6.07) is -0.810. The third-order valence-corrected chi connectivity index (χ3v) is 2.94. The molecule has 0 aromatic carbocycles. The van der Waals surface area contributed by atoms with E-state index >= 15 is 0 Å². The molecule has 1 aromatic heterocycles. The zero-order valence-electron chi connectivity index (χ0n) is 9.84. The fourth-order valence-electron chi connectivity index (χ4n) is 1.43. The quantitative estimate of drug-likeness (QED) is 0.804. The highest BCUT2D eigenvalue weighted by Crippen LogP contribution is 2.08. The smallest absolute Gasteiger partial charge is 0.326 e. The van der Waals surface area contributed by atoms with Gasteiger partial charge in [-0.3, -0.25) is 9.78 Å². The lowest BCUT2D eigenvalue weighted by Gasteiger charge is -2.16. The minimum Gasteiger partial charge on any atom is -0.480 e. The Morgan fingerprint density at radius 3 is 2.71 bits per heavy atom. The summed E-state index contributed by atoms with van der Waals surface area (Å²) in [5.74, 6) is -1.04. The maximum atomic E-state index is 11.6. The second kappa shape index (κ2) is 6.34. The van der Waals surface area contributed by atoms with Gasteiger partial charge in [-0.15, -0.1) is 11.3 Å². The van der Waals surface area contributed by atoms with E-state index < -0.39 is 12.0 Å². The number of carbonyl (C=O) groups excluding carboxylic acids is 1. The zero-order chi connectivity index (χ0) is 12.8. The lowest BCUT2D eigenvalue weighted by atomic mass is 10.0. The van der Waals surface area contributed by atoms with Gasteiger partial charge in [0.05, 0.1) is 11.9 Å². The first-order chi connectivity index (χ1) is 7.99. The van der Waals surface area contributed by atoms with Crippen molar-refractivity contribution in [3.8, 4) is 0 Å². The highest BCUT2D eigenvalue weighted by molar-refractivity contribution is 7.09. The summed E-state index contributed by atoms with van der Waals surface area (Å²) in [6.45, 7) is 3.84. The average molecular weight is 256 g/mol. The normalized spacial score (nSPS) is 12.4. The third-order valence-electron chi connectivity index (χ3n) is 2.16. The molecule has 0 saturated carbocycles. The Kier molecular flexibility index (Phi) is 5.09. The molecule has 1 atom stereocenters. The van der Waals surface area contributed by atoms with Gasteiger partial charge in [0.25, 0.3) is 0 Å². The Morgan fingerprint density at radius 2 is 2.24 bits per heavy atom. The van der Waals surface area contributed by atoms with E-state index in [-0.39, 0.29) is 18.2 Å². The minimum absolute atomic E-state index is 0.187. The molecule has 1 rings (SSSR count). The van der Waals surface area contributed by atoms with Crippen LogP contribution < -0.4 is 5.32 Å². The van der Waals surface area contributed by atoms with Crippen molar-refractivity contribution < 1.29 is 14.7 Å². The van der Waals surface area contributed by atoms with Crippen LogP contribution in [-0.4, -0.2) is 28.0 Å². The van der Waals surface area contributed by atoms with Gasteiger partial charge in [0.1, 0.15) is 6.04 Å². The maximum absolute atomic E-state index is 11.6. The summed E-state index contributed by atoms with van der Waals surface area (Å²) >= 11 is 1.38. The van der Waals surface area contributed by atoms with Gasteiger partial charge in [-0.05, 0) is 12.3 Å². The molecule has 0 saturated heterocycles. The van der Waals surface area contributed by atoms with E-state index in [9.17, 15) is 9.59 Å². The number of aliphatic carboxylic acids is 1. The second-order valence-electron chi connectivity index (χ2n) is 4.23. The van der Waals surface area contributed by atoms with Crippen molar-refractivity contribution in [2.45, 2.75) is 32.7 Å². The van der Waals surface area contributed by atoms with Gasteiger partial charge in [0.2, 0.25) is 5.91 Å². The van der Waals surface area contributed by atoms with E-state index in [2.05, 4.69) is 10.3 Å². The van der Waals surface area contributed by atoms with Gasteiger partial charge in [0, 0.05) is 11.1 Å². The molecular formula is C11H16N2O3S. The van der Waals surface area contributed by atoms with Crippen LogP contribution >= 0.6 is 11.3 Å². The fourth-order valence-corrected chi connectivity index (χ4v) is 2.02. The zero-order valence-corrected chi connectivity index (χ0v) is 10.7. The molecular weight excluding hydrogens is 240 g/mol. The van der Waals surface area contributed by atoms with Crippen molar-refractivity contribution in [2.24, 2.45) is 5.92 Å². The SMILES string of the molecule is CC(C)C[C@@H](NC(=O)Cc1cncs1)C(=O)O. The first kappa shape index (κ1) is 13.6. The van der Waals surface area contributed by atoms with Gasteiger partial charge in [0.15, 0.2) is 0 Å². The van der Waals surface area contributed by atoms with E-state index in [1.807, 2.05) is 13.8 Å². The third kappa shape index (κ3) is 4.95. The van der Waals surface area contributed by atoms with Crippen molar-refractivity contribution >= 4 is 23.2 Å². The topological polar surface area (TPSA) is 79.3 Å². The molecule has 1 amide bonds. The van der Waals surface area contributed by atoms with Crippen LogP contribution in [0, 0.1) is 5.92 Å². The lowest BCUT2D eigenvalue weighted by Crippen LogP contribution is -2.42. The fraction of sp³-hybridized carbons (Fsp3) is 0.545. The number of hydrogen-bond acceptors (Lipinski definition) is 4. The minimum atomic E-state index is -0.989. The number of nitrogens with one attached hydrogen (secondary N) is 1. The Morgan fingerprint density at radius 1 is 1.53 bits per heavy atom. The molecule has 6 heteroatoms. The average Bonchev–Trinajstić information content (AvgIpc) is 2.68. The molecule has 1 heterocycles. The molecule has 5 nitrogen and oxygen atoms in total. The van der Waals surface area contributed by atoms with Crippen LogP contribution in [0.5, 0.6) is 0 Å². The van der Waals surface area contributed by atoms with Crippen molar-refractivity contribution in [3.63, 3.8) is 0 Å². The first-order valence-electron chi connectivity index (χ1n) is 5.38. The van der Waals surface area contributed by atoms with E-state index in [0.29, 0.717) is 6.42 Å². The number of carbonyl (C=O) groups is 2. The Hall–Kier alpha value is -1.43. The summed E-state index contributed by atoms with van der Waals surface area (Å²) in [5, 5.41) is 11.5. The Bertz CT molecular complexity index is 376. The molecule has 0 spiro atoms. The van der Waals surface area contributed by atoms with Gasteiger partial charge in [-0.2, -0.15) is 0 Å². The Labute approximate surface area is 104 Å². The van der Waals surface area contributed by atoms with Crippen molar-refractivity contribution in [1.82, 2.24) is 10.3 Å². The molecule has 94 valence electrons. The van der Waals surface area contributed by atoms with Crippen LogP contribution in [0.4, 0.5) is 0 Å². The van der Waals surface area contributed by atoms with Crippen molar-refractivity contribution in [1.29, 1.82) is 0 Å². The molecule has 0 fully saturated rings. The van der Waals surface area contributed by atoms with E-state index in [1.54, 1.807) is 11.7 Å². The lowest BCUT2D eigenvalue weighted by molar-refractivity contribution is -0.142. The summed E-state index contributed by atoms with van der Waals surface area (Å²) in [4.78, 5) is 27.2. The Balaban J connectivity index is 2.49. The number of hydrogen-bond donors (Lipinski definition) is 2. The molecule has 17 heavy (non-hydrogen) atoms. The molecule has 0 aliphatic carbocycles. The molecule has 2 N–H and O–H groups in total. The molecule has 0 radical (unpaired) electrons. The summed E-state index contributed by atoms with van der Waals surface area (Å²) in [7, 11) is 0. The molecule has 0 aliphatic rings. The van der Waals surface area contributed by atoms with E-state index in [1.165, 1.54) is 11.3 Å². The van der Waals surface area contributed by atoms with Crippen LogP contribution in [0.15, 0.2) is 11.7 Å². The standard InChI is InChI=1S/C11H16N2O3S/c1-7(2)3-9(11(15)16)13-10(14)4-8-5-12-6-17-8/h5-7,9H,3-4H2,1-2H3,(H,13,14)(H,15,16)/t9-/m1/s1. The maximum Gasteiger partial charge on any atom is 0.326 e. The van der Waals surface area contributed by atoms with Crippen LogP contribution in [-0.2, 0) is 16.0 Å². The molecule has 0 unspecified atom stereocenters. The first-order valence-corrected chi connectivity index (χ1v) is 6.26. The summed E-state index contributed by atoms with van der Waals surface area (Å²) in [6.07, 6.45) is 2.23. The van der Waals surface area contributed by atoms with Gasteiger partial charge >= 0.3 is 5.97 Å². The number of carboxylic acids is 1. The predicted octanol–water partition coefficient (Wildman–Crippen LogP) is 1.30. The van der Waals surface area contributed by atoms with Gasteiger partial charge in [-0.1, -0.05) is 13.8 Å². The predicted molar refractivity (Wildman–Crippen MR) is 64.8 cm³/mol. The number of carboxylic acid groups (broad SMARTS) is 1. The second-order valence-corrected chi connectivity index (χ2v) is 5.20. The number of thiazole rings is 1. The van der Waals surface area contributed by atoms with Crippen LogP contribution in [0.3, 0.4) is 0 Å². The van der Waals surface area contributed by atoms with E-state index in [4.69, 9.17) is 5.11 Å². The van der Waals surface area contributed by atoms with Crippen molar-refractivity contribution in [3.05, 3.63) is 16.6 Å². The number of nitrogens with zero attached hydrogens (tertiary/aromatic N) is 1. The van der Waals surface area contributed by atoms with Gasteiger partial charge in [-0.25, -0.2) is 4.79 Å². The molecule has 0 bridgehead atoms. The van der Waals surface area contributed by atoms with Gasteiger partial charge < -0.3 is 10.4 Å². The largest absolute Gasteiger partial charge is 0.480 e. The summed E-state index contributed by atoms with van der Waals surface area (Å²) in [5.41, 5.74) is 1.64. The number of rotatable bonds is 6. The van der Waals surface area contributed by atoms with E-state index in [0.717, 1.165) is 4.88 Å². The molecule has 0 aliphatic heterocycles. The highest BCUT2D eigenvalue weighted by atomic mass is 32.1. The summed E-state index contributed by atoms with van der Waals surface area (Å²) < 4.78 is 0. The monoisotopic (exact) mass is 256 g/mol. The number of amides is 1. The van der Waals surface area contributed by atoms with Crippen LogP contribution in [0.2, 0.25) is 0 Å². The van der Waals surface area contributed by atoms with Crippen LogP contribution in [0.1, 0.15) is 25.1 Å². The highest BCUT2D eigenvalue weighted by Gasteiger charge is 2.21. The van der Waals surface area contributed by atoms with Crippen molar-refractivity contribution in [2.75, 3.05) is 0 Å². The number of aromatic nitrogens is 1. The molecule has 1 aromatic rings. The van der Waals surface area contributed by atoms with Crippen LogP contribution in [0.25, 0.3) is 0 Å².